The molecule has 166 valence electrons. The molecule has 3 aromatic rings. The molecule has 3 heterocycles. The highest BCUT2D eigenvalue weighted by Gasteiger charge is 2.56. The van der Waals surface area contributed by atoms with Gasteiger partial charge in [0.1, 0.15) is 11.8 Å². The molecule has 3 aliphatic rings. The van der Waals surface area contributed by atoms with Crippen molar-refractivity contribution in [1.82, 2.24) is 19.9 Å². The number of fused-ring (bicyclic) bond motifs is 3. The first kappa shape index (κ1) is 21.0. The molecule has 1 N–H and O–H groups in total. The van der Waals surface area contributed by atoms with Crippen LogP contribution in [0.2, 0.25) is 0 Å². The van der Waals surface area contributed by atoms with Crippen molar-refractivity contribution >= 4 is 11.4 Å². The molecular weight excluding hydrogens is 414 g/mol. The highest BCUT2D eigenvalue weighted by molar-refractivity contribution is 5.93. The Morgan fingerprint density at radius 1 is 1.33 bits per heavy atom. The fourth-order valence-corrected chi connectivity index (χ4v) is 5.65. The number of hydrogen-bond donors (Lipinski definition) is 1. The molecule has 33 heavy (non-hydrogen) atoms. The van der Waals surface area contributed by atoms with Crippen LogP contribution >= 0.6 is 0 Å². The van der Waals surface area contributed by atoms with Crippen LogP contribution in [0.1, 0.15) is 50.3 Å². The van der Waals surface area contributed by atoms with Gasteiger partial charge in [-0.2, -0.15) is 10.4 Å². The van der Waals surface area contributed by atoms with Crippen molar-refractivity contribution in [3.63, 3.8) is 0 Å². The molecule has 3 aliphatic carbocycles. The maximum Gasteiger partial charge on any atom is 0.296 e. The van der Waals surface area contributed by atoms with Crippen LogP contribution in [0.4, 0.5) is 0 Å². The van der Waals surface area contributed by atoms with E-state index in [1.807, 2.05) is 19.2 Å². The van der Waals surface area contributed by atoms with Crippen molar-refractivity contribution in [3.8, 4) is 35.3 Å². The van der Waals surface area contributed by atoms with Gasteiger partial charge in [0.2, 0.25) is 0 Å². The molecular formula is C26H25N5O2. The molecule has 0 aromatic carbocycles. The van der Waals surface area contributed by atoms with Gasteiger partial charge in [-0.05, 0) is 63.0 Å². The second kappa shape index (κ2) is 7.94. The lowest BCUT2D eigenvalue weighted by Crippen LogP contribution is -2.66. The topological polar surface area (TPSA) is 92.3 Å². The predicted octanol–water partition coefficient (Wildman–Crippen LogP) is 3.69. The van der Waals surface area contributed by atoms with E-state index in [4.69, 9.17) is 16.1 Å². The summed E-state index contributed by atoms with van der Waals surface area (Å²) in [7, 11) is 0. The molecule has 3 fully saturated rings. The lowest BCUT2D eigenvalue weighted by molar-refractivity contribution is -0.125. The predicted molar refractivity (Wildman–Crippen MR) is 123 cm³/mol. The minimum absolute atomic E-state index is 0.207. The van der Waals surface area contributed by atoms with Gasteiger partial charge in [0, 0.05) is 34.5 Å². The number of nitrogens with zero attached hydrogens (tertiary/aromatic N) is 4. The fourth-order valence-electron chi connectivity index (χ4n) is 5.65. The molecule has 3 aromatic heterocycles. The van der Waals surface area contributed by atoms with Crippen molar-refractivity contribution in [2.75, 3.05) is 6.61 Å². The zero-order valence-electron chi connectivity index (χ0n) is 18.7. The zero-order chi connectivity index (χ0) is 23.2. The number of carbonyl (C=O) groups excluding carboxylic acids is 1. The number of aromatic nitrogens is 3. The van der Waals surface area contributed by atoms with Gasteiger partial charge in [0.15, 0.2) is 0 Å². The maximum atomic E-state index is 11.8. The molecule has 7 heteroatoms. The Labute approximate surface area is 192 Å². The van der Waals surface area contributed by atoms with Crippen molar-refractivity contribution in [2.24, 2.45) is 11.8 Å². The van der Waals surface area contributed by atoms with Gasteiger partial charge in [0.25, 0.3) is 5.91 Å². The summed E-state index contributed by atoms with van der Waals surface area (Å²) in [5.74, 6) is 3.72. The lowest BCUT2D eigenvalue weighted by atomic mass is 9.50. The fraction of sp³-hybridized carbons (Fsp3) is 0.385. The molecule has 1 amide bonds. The van der Waals surface area contributed by atoms with Gasteiger partial charge in [-0.15, -0.1) is 6.42 Å². The SMILES string of the molecule is C#CC(=O)NC1(C)C2CC(c3ccc(-c4cc(OCC)cn5ncc(C#N)c45)cn3)CC1C2. The van der Waals surface area contributed by atoms with E-state index >= 15 is 0 Å². The van der Waals surface area contributed by atoms with Gasteiger partial charge < -0.3 is 10.1 Å². The van der Waals surface area contributed by atoms with Gasteiger partial charge in [-0.25, -0.2) is 4.52 Å². The van der Waals surface area contributed by atoms with Crippen molar-refractivity contribution in [1.29, 1.82) is 5.26 Å². The van der Waals surface area contributed by atoms with Crippen molar-refractivity contribution in [3.05, 3.63) is 48.0 Å². The zero-order valence-corrected chi connectivity index (χ0v) is 18.7. The number of carbonyl (C=O) groups is 1. The molecule has 2 unspecified atom stereocenters. The van der Waals surface area contributed by atoms with E-state index in [1.54, 1.807) is 16.9 Å². The van der Waals surface area contributed by atoms with E-state index in [2.05, 4.69) is 41.5 Å². The number of nitriles is 1. The molecule has 3 saturated carbocycles. The summed E-state index contributed by atoms with van der Waals surface area (Å²) in [6.07, 6.45) is 13.6. The van der Waals surface area contributed by atoms with Crippen LogP contribution in [0, 0.1) is 35.5 Å². The lowest BCUT2D eigenvalue weighted by Gasteiger charge is -2.60. The summed E-state index contributed by atoms with van der Waals surface area (Å²) in [6.45, 7) is 4.59. The molecule has 2 atom stereocenters. The van der Waals surface area contributed by atoms with Crippen molar-refractivity contribution in [2.45, 2.75) is 44.6 Å². The van der Waals surface area contributed by atoms with Gasteiger partial charge >= 0.3 is 0 Å². The van der Waals surface area contributed by atoms with E-state index in [0.717, 1.165) is 41.6 Å². The van der Waals surface area contributed by atoms with Crippen LogP contribution in [0.5, 0.6) is 5.75 Å². The molecule has 7 nitrogen and oxygen atoms in total. The number of amides is 1. The summed E-state index contributed by atoms with van der Waals surface area (Å²) in [5, 5.41) is 16.9. The minimum Gasteiger partial charge on any atom is -0.492 e. The number of pyridine rings is 2. The Morgan fingerprint density at radius 3 is 2.76 bits per heavy atom. The van der Waals surface area contributed by atoms with Crippen LogP contribution in [-0.4, -0.2) is 32.7 Å². The van der Waals surface area contributed by atoms with Crippen LogP contribution in [0.15, 0.2) is 36.8 Å². The first-order chi connectivity index (χ1) is 16.0. The summed E-state index contributed by atoms with van der Waals surface area (Å²) in [6, 6.07) is 8.30. The number of terminal acetylenes is 1. The van der Waals surface area contributed by atoms with Crippen LogP contribution in [0.25, 0.3) is 16.6 Å². The quantitative estimate of drug-likeness (QED) is 0.612. The highest BCUT2D eigenvalue weighted by atomic mass is 16.5. The van der Waals surface area contributed by atoms with Gasteiger partial charge in [-0.1, -0.05) is 6.07 Å². The minimum atomic E-state index is -0.328. The third-order valence-corrected chi connectivity index (χ3v) is 7.45. The molecule has 0 spiro atoms. The second-order valence-electron chi connectivity index (χ2n) is 9.14. The van der Waals surface area contributed by atoms with Gasteiger partial charge in [-0.3, -0.25) is 9.78 Å². The summed E-state index contributed by atoms with van der Waals surface area (Å²) >= 11 is 0. The Hall–Kier alpha value is -3.84. The number of hydrogen-bond acceptors (Lipinski definition) is 5. The van der Waals surface area contributed by atoms with E-state index < -0.39 is 0 Å². The van der Waals surface area contributed by atoms with E-state index in [9.17, 15) is 10.1 Å². The van der Waals surface area contributed by atoms with Gasteiger partial charge in [0.05, 0.1) is 30.1 Å². The average Bonchev–Trinajstić information content (AvgIpc) is 3.27. The van der Waals surface area contributed by atoms with Crippen LogP contribution in [0.3, 0.4) is 0 Å². The molecule has 0 radical (unpaired) electrons. The smallest absolute Gasteiger partial charge is 0.296 e. The van der Waals surface area contributed by atoms with E-state index in [-0.39, 0.29) is 11.4 Å². The Bertz CT molecular complexity index is 1300. The first-order valence-corrected chi connectivity index (χ1v) is 11.3. The normalized spacial score (nSPS) is 25.5. The molecule has 6 rings (SSSR count). The Kier molecular flexibility index (Phi) is 5.06. The molecule has 0 aliphatic heterocycles. The summed E-state index contributed by atoms with van der Waals surface area (Å²) < 4.78 is 7.39. The summed E-state index contributed by atoms with van der Waals surface area (Å²) in [4.78, 5) is 16.6. The molecule has 0 saturated heterocycles. The first-order valence-electron chi connectivity index (χ1n) is 11.3. The summed E-state index contributed by atoms with van der Waals surface area (Å²) in [5.41, 5.74) is 3.89. The monoisotopic (exact) mass is 439 g/mol. The third kappa shape index (κ3) is 3.41. The number of rotatable bonds is 5. The van der Waals surface area contributed by atoms with E-state index in [1.165, 1.54) is 0 Å². The number of nitrogens with one attached hydrogen (secondary N) is 1. The van der Waals surface area contributed by atoms with Crippen LogP contribution < -0.4 is 10.1 Å². The van der Waals surface area contributed by atoms with Crippen LogP contribution in [-0.2, 0) is 4.79 Å². The third-order valence-electron chi connectivity index (χ3n) is 7.45. The number of ether oxygens (including phenoxy) is 1. The largest absolute Gasteiger partial charge is 0.492 e. The maximum absolute atomic E-state index is 11.8. The standard InChI is InChI=1S/C26H25N5O2/c1-4-24(32)30-26(3)19-8-17(9-20(26)10-19)23-7-6-16(13-28-23)22-11-21(33-5-2)15-31-25(22)18(12-27)14-29-31/h1,6-7,11,13-15,17,19-20H,5,8-10H2,2-3H3,(H,30,32). The second-order valence-corrected chi connectivity index (χ2v) is 9.14. The Morgan fingerprint density at radius 2 is 2.12 bits per heavy atom. The highest BCUT2D eigenvalue weighted by Crippen LogP contribution is 2.57. The van der Waals surface area contributed by atoms with Crippen molar-refractivity contribution < 1.29 is 9.53 Å². The Balaban J connectivity index is 1.41. The average molecular weight is 440 g/mol. The molecule has 2 bridgehead atoms. The van der Waals surface area contributed by atoms with E-state index in [0.29, 0.717) is 35.7 Å².